The van der Waals surface area contributed by atoms with Crippen molar-refractivity contribution < 1.29 is 31.5 Å². The molecule has 14 heteroatoms. The molecule has 0 spiro atoms. The Bertz CT molecular complexity index is 1810. The van der Waals surface area contributed by atoms with Crippen LogP contribution in [-0.2, 0) is 20.5 Å². The van der Waals surface area contributed by atoms with Gasteiger partial charge in [-0.3, -0.25) is 4.72 Å². The van der Waals surface area contributed by atoms with E-state index in [0.717, 1.165) is 37.8 Å². The molecule has 1 aliphatic rings. The Kier molecular flexibility index (Phi) is 10.2. The number of ether oxygens (including phenoxy) is 2. The minimum Gasteiger partial charge on any atom is -0.444 e. The summed E-state index contributed by atoms with van der Waals surface area (Å²) < 4.78 is 68.5. The van der Waals surface area contributed by atoms with Crippen LogP contribution in [0.2, 0.25) is 0 Å². The number of alkyl carbamates (subject to hydrolysis) is 1. The number of nitrogens with one attached hydrogen (secondary N) is 3. The van der Waals surface area contributed by atoms with E-state index >= 15 is 8.78 Å². The second kappa shape index (κ2) is 14.3. The van der Waals surface area contributed by atoms with Gasteiger partial charge in [-0.2, -0.15) is 4.39 Å². The summed E-state index contributed by atoms with van der Waals surface area (Å²) in [7, 11) is -4.02. The number of pyridine rings is 1. The number of sulfonamides is 1. The Balaban J connectivity index is 1.24. The summed E-state index contributed by atoms with van der Waals surface area (Å²) >= 11 is 0. The molecule has 47 heavy (non-hydrogen) atoms. The van der Waals surface area contributed by atoms with E-state index in [-0.39, 0.29) is 18.0 Å². The molecule has 0 bridgehead atoms. The molecule has 1 saturated carbocycles. The van der Waals surface area contributed by atoms with E-state index in [9.17, 15) is 13.2 Å². The Morgan fingerprint density at radius 2 is 1.62 bits per heavy atom. The molecule has 0 radical (unpaired) electrons. The number of halogens is 2. The number of carbonyl (C=O) groups is 1. The van der Waals surface area contributed by atoms with Crippen molar-refractivity contribution in [2.75, 3.05) is 10.0 Å². The zero-order chi connectivity index (χ0) is 33.6. The normalized spacial score (nSPS) is 16.6. The first-order valence-corrected chi connectivity index (χ1v) is 16.8. The molecule has 1 amide bonds. The number of hydrogen-bond donors (Lipinski definition) is 3. The van der Waals surface area contributed by atoms with E-state index in [0.29, 0.717) is 22.8 Å². The number of amides is 1. The molecule has 4 aromatic rings. The second-order valence-corrected chi connectivity index (χ2v) is 13.9. The fourth-order valence-electron chi connectivity index (χ4n) is 5.08. The smallest absolute Gasteiger partial charge is 0.407 e. The third kappa shape index (κ3) is 9.35. The average Bonchev–Trinajstić information content (AvgIpc) is 3.01. The molecule has 2 aromatic carbocycles. The van der Waals surface area contributed by atoms with Crippen molar-refractivity contribution >= 4 is 27.8 Å². The van der Waals surface area contributed by atoms with Gasteiger partial charge in [0.25, 0.3) is 0 Å². The minimum absolute atomic E-state index is 0.0130. The van der Waals surface area contributed by atoms with Crippen LogP contribution < -0.4 is 20.1 Å². The maximum absolute atomic E-state index is 15.2. The molecule has 0 aliphatic heterocycles. The first-order valence-electron chi connectivity index (χ1n) is 15.1. The Hall–Kier alpha value is -4.85. The van der Waals surface area contributed by atoms with Gasteiger partial charge in [0, 0.05) is 24.5 Å². The van der Waals surface area contributed by atoms with Crippen LogP contribution in [0.25, 0.3) is 11.3 Å². The number of aromatic nitrogens is 3. The fraction of sp³-hybridized carbons (Fsp3) is 0.333. The molecule has 11 nitrogen and oxygen atoms in total. The largest absolute Gasteiger partial charge is 0.444 e. The SMILES string of the molecule is CC(C)(C)OC(=O)NC1CCC(Nc2nccc(-c3cccnc3Oc3ccc(NS(=O)(=O)Cc4ccccc4)c(F)c3F)n2)CC1. The monoisotopic (exact) mass is 666 g/mol. The number of rotatable bonds is 10. The standard InChI is InChI=1S/C33H36F2N6O5S/c1-33(2,3)46-32(42)39-23-13-11-22(12-14-23)38-31-37-19-17-25(40-31)24-10-7-18-36-30(24)45-27-16-15-26(28(34)29(27)35)41-47(43,44)20-21-8-5-4-6-9-21/h4-10,15-19,22-23,41H,11-14,20H2,1-3H3,(H,39,42)(H,37,38,40). The molecule has 5 rings (SSSR count). The summed E-state index contributed by atoms with van der Waals surface area (Å²) in [6.07, 6.45) is 5.63. The van der Waals surface area contributed by atoms with Gasteiger partial charge in [0.05, 0.1) is 22.7 Å². The fourth-order valence-corrected chi connectivity index (χ4v) is 6.27. The quantitative estimate of drug-likeness (QED) is 0.166. The molecular weight excluding hydrogens is 630 g/mol. The summed E-state index contributed by atoms with van der Waals surface area (Å²) in [5, 5.41) is 6.26. The van der Waals surface area contributed by atoms with Gasteiger partial charge in [-0.05, 0) is 82.3 Å². The van der Waals surface area contributed by atoms with Gasteiger partial charge >= 0.3 is 6.09 Å². The van der Waals surface area contributed by atoms with E-state index in [1.807, 2.05) is 20.8 Å². The zero-order valence-electron chi connectivity index (χ0n) is 26.2. The highest BCUT2D eigenvalue weighted by Gasteiger charge is 2.26. The van der Waals surface area contributed by atoms with E-state index in [2.05, 4.69) is 30.3 Å². The van der Waals surface area contributed by atoms with E-state index in [1.54, 1.807) is 54.7 Å². The van der Waals surface area contributed by atoms with Crippen LogP contribution in [0.1, 0.15) is 52.0 Å². The van der Waals surface area contributed by atoms with Crippen LogP contribution in [-0.4, -0.2) is 47.1 Å². The van der Waals surface area contributed by atoms with Crippen LogP contribution in [0.5, 0.6) is 11.6 Å². The average molecular weight is 667 g/mol. The second-order valence-electron chi connectivity index (χ2n) is 12.1. The molecule has 1 fully saturated rings. The Morgan fingerprint density at radius 3 is 2.34 bits per heavy atom. The number of hydrogen-bond acceptors (Lipinski definition) is 9. The van der Waals surface area contributed by atoms with Crippen molar-refractivity contribution in [1.29, 1.82) is 0 Å². The predicted molar refractivity (Wildman–Crippen MR) is 173 cm³/mol. The summed E-state index contributed by atoms with van der Waals surface area (Å²) in [5.41, 5.74) is 0.206. The lowest BCUT2D eigenvalue weighted by atomic mass is 9.91. The number of anilines is 2. The van der Waals surface area contributed by atoms with Gasteiger partial charge in [-0.25, -0.2) is 32.6 Å². The van der Waals surface area contributed by atoms with Gasteiger partial charge < -0.3 is 20.1 Å². The lowest BCUT2D eigenvalue weighted by molar-refractivity contribution is 0.0492. The van der Waals surface area contributed by atoms with Crippen molar-refractivity contribution in [3.8, 4) is 22.9 Å². The van der Waals surface area contributed by atoms with Gasteiger partial charge in [0.1, 0.15) is 5.60 Å². The third-order valence-electron chi connectivity index (χ3n) is 7.20. The predicted octanol–water partition coefficient (Wildman–Crippen LogP) is 6.80. The van der Waals surface area contributed by atoms with Gasteiger partial charge in [0.2, 0.25) is 27.7 Å². The first-order chi connectivity index (χ1) is 22.3. The number of benzene rings is 2. The Morgan fingerprint density at radius 1 is 0.894 bits per heavy atom. The summed E-state index contributed by atoms with van der Waals surface area (Å²) in [4.78, 5) is 25.3. The minimum atomic E-state index is -4.02. The molecule has 3 N–H and O–H groups in total. The summed E-state index contributed by atoms with van der Waals surface area (Å²) in [6.45, 7) is 5.46. The van der Waals surface area contributed by atoms with E-state index in [4.69, 9.17) is 9.47 Å². The molecule has 1 aliphatic carbocycles. The summed E-state index contributed by atoms with van der Waals surface area (Å²) in [6, 6.07) is 15.6. The van der Waals surface area contributed by atoms with Crippen LogP contribution in [0.4, 0.5) is 25.2 Å². The van der Waals surface area contributed by atoms with Crippen molar-refractivity contribution in [3.63, 3.8) is 0 Å². The molecule has 2 aromatic heterocycles. The number of carbonyl (C=O) groups excluding carboxylic acids is 1. The maximum atomic E-state index is 15.2. The van der Waals surface area contributed by atoms with Crippen LogP contribution in [0.3, 0.4) is 0 Å². The summed E-state index contributed by atoms with van der Waals surface area (Å²) in [5.74, 6) is -3.37. The highest BCUT2D eigenvalue weighted by Crippen LogP contribution is 2.34. The van der Waals surface area contributed by atoms with Gasteiger partial charge in [-0.15, -0.1) is 0 Å². The number of nitrogens with zero attached hydrogens (tertiary/aromatic N) is 3. The van der Waals surface area contributed by atoms with Crippen molar-refractivity contribution in [1.82, 2.24) is 20.3 Å². The molecule has 0 atom stereocenters. The lowest BCUT2D eigenvalue weighted by Crippen LogP contribution is -2.42. The van der Waals surface area contributed by atoms with Crippen molar-refractivity contribution in [2.24, 2.45) is 0 Å². The highest BCUT2D eigenvalue weighted by molar-refractivity contribution is 7.91. The van der Waals surface area contributed by atoms with Crippen molar-refractivity contribution in [2.45, 2.75) is 69.9 Å². The molecule has 2 heterocycles. The maximum Gasteiger partial charge on any atom is 0.407 e. The molecular formula is C33H36F2N6O5S. The highest BCUT2D eigenvalue weighted by atomic mass is 32.2. The molecule has 248 valence electrons. The zero-order valence-corrected chi connectivity index (χ0v) is 27.0. The van der Waals surface area contributed by atoms with E-state index in [1.165, 1.54) is 6.20 Å². The van der Waals surface area contributed by atoms with Gasteiger partial charge in [-0.1, -0.05) is 30.3 Å². The lowest BCUT2D eigenvalue weighted by Gasteiger charge is -2.30. The van der Waals surface area contributed by atoms with E-state index < -0.39 is 50.5 Å². The Labute approximate surface area is 272 Å². The first kappa shape index (κ1) is 33.5. The molecule has 0 saturated heterocycles. The van der Waals surface area contributed by atoms with Crippen LogP contribution in [0, 0.1) is 11.6 Å². The van der Waals surface area contributed by atoms with Gasteiger partial charge in [0.15, 0.2) is 11.6 Å². The van der Waals surface area contributed by atoms with Crippen LogP contribution >= 0.6 is 0 Å². The molecule has 0 unspecified atom stereocenters. The van der Waals surface area contributed by atoms with Crippen LogP contribution in [0.15, 0.2) is 73.1 Å². The van der Waals surface area contributed by atoms with Crippen molar-refractivity contribution in [3.05, 3.63) is 90.3 Å². The third-order valence-corrected chi connectivity index (χ3v) is 8.45. The topological polar surface area (TPSA) is 144 Å².